The highest BCUT2D eigenvalue weighted by Crippen LogP contribution is 2.16. The van der Waals surface area contributed by atoms with Crippen molar-refractivity contribution >= 4 is 5.91 Å². The van der Waals surface area contributed by atoms with Crippen LogP contribution in [0.4, 0.5) is 0 Å². The third-order valence-electron chi connectivity index (χ3n) is 4.24. The van der Waals surface area contributed by atoms with Gasteiger partial charge in [-0.05, 0) is 50.6 Å². The average molecular weight is 291 g/mol. The van der Waals surface area contributed by atoms with Gasteiger partial charge >= 0.3 is 0 Å². The minimum Gasteiger partial charge on any atom is -0.508 e. The molecule has 21 heavy (non-hydrogen) atoms. The molecule has 0 aliphatic carbocycles. The normalized spacial score (nSPS) is 20.4. The van der Waals surface area contributed by atoms with Crippen molar-refractivity contribution in [1.82, 2.24) is 9.80 Å². The van der Waals surface area contributed by atoms with Gasteiger partial charge in [0.2, 0.25) is 5.91 Å². The summed E-state index contributed by atoms with van der Waals surface area (Å²) in [6, 6.07) is 6.74. The number of carbonyl (C=O) groups is 1. The first kappa shape index (κ1) is 15.8. The second-order valence-electron chi connectivity index (χ2n) is 5.97. The fourth-order valence-corrected chi connectivity index (χ4v) is 2.87. The lowest BCUT2D eigenvalue weighted by molar-refractivity contribution is -0.131. The third-order valence-corrected chi connectivity index (χ3v) is 4.24. The molecule has 5 nitrogen and oxygen atoms in total. The van der Waals surface area contributed by atoms with Crippen LogP contribution in [0, 0.1) is 0 Å². The fraction of sp³-hybridized carbons (Fsp3) is 0.562. The predicted octanol–water partition coefficient (Wildman–Crippen LogP) is 0.815. The lowest BCUT2D eigenvalue weighted by Crippen LogP contribution is -2.47. The van der Waals surface area contributed by atoms with E-state index in [2.05, 4.69) is 11.9 Å². The van der Waals surface area contributed by atoms with Crippen molar-refractivity contribution in [3.05, 3.63) is 29.8 Å². The fourth-order valence-electron chi connectivity index (χ4n) is 2.87. The van der Waals surface area contributed by atoms with Crippen LogP contribution in [0.25, 0.3) is 0 Å². The summed E-state index contributed by atoms with van der Waals surface area (Å²) in [5, 5.41) is 9.26. The topological polar surface area (TPSA) is 69.8 Å². The molecule has 1 aliphatic rings. The minimum atomic E-state index is -0.536. The molecule has 0 spiro atoms. The summed E-state index contributed by atoms with van der Waals surface area (Å²) in [5.41, 5.74) is 6.99. The molecule has 1 heterocycles. The van der Waals surface area contributed by atoms with E-state index >= 15 is 0 Å². The molecule has 1 aromatic rings. The summed E-state index contributed by atoms with van der Waals surface area (Å²) in [5.74, 6) is 0.198. The number of carbonyl (C=O) groups excluding carboxylic acids is 1. The predicted molar refractivity (Wildman–Crippen MR) is 83.1 cm³/mol. The van der Waals surface area contributed by atoms with Gasteiger partial charge in [-0.25, -0.2) is 0 Å². The molecule has 116 valence electrons. The van der Waals surface area contributed by atoms with Crippen LogP contribution < -0.4 is 5.73 Å². The number of likely N-dealkylation sites (tertiary alicyclic amines) is 1. The maximum absolute atomic E-state index is 12.3. The van der Waals surface area contributed by atoms with Gasteiger partial charge in [0.15, 0.2) is 0 Å². The molecule has 1 amide bonds. The van der Waals surface area contributed by atoms with E-state index in [1.54, 1.807) is 29.2 Å². The second-order valence-corrected chi connectivity index (χ2v) is 5.97. The molecule has 1 aliphatic heterocycles. The zero-order chi connectivity index (χ0) is 15.4. The second kappa shape index (κ2) is 6.91. The van der Waals surface area contributed by atoms with Crippen LogP contribution in [0.2, 0.25) is 0 Å². The van der Waals surface area contributed by atoms with Crippen LogP contribution in [0.15, 0.2) is 24.3 Å². The molecule has 5 heteroatoms. The Hall–Kier alpha value is -1.59. The lowest BCUT2D eigenvalue weighted by Gasteiger charge is -2.27. The van der Waals surface area contributed by atoms with E-state index in [0.29, 0.717) is 12.5 Å². The van der Waals surface area contributed by atoms with Crippen molar-refractivity contribution in [2.45, 2.75) is 31.3 Å². The van der Waals surface area contributed by atoms with E-state index < -0.39 is 6.04 Å². The molecule has 0 saturated carbocycles. The maximum Gasteiger partial charge on any atom is 0.239 e. The Morgan fingerprint density at radius 2 is 2.14 bits per heavy atom. The zero-order valence-corrected chi connectivity index (χ0v) is 12.8. The molecule has 1 fully saturated rings. The van der Waals surface area contributed by atoms with Gasteiger partial charge in [0, 0.05) is 19.6 Å². The number of nitrogens with zero attached hydrogens (tertiary/aromatic N) is 2. The van der Waals surface area contributed by atoms with Crippen LogP contribution in [0.3, 0.4) is 0 Å². The highest BCUT2D eigenvalue weighted by atomic mass is 16.3. The number of phenolic OH excluding ortho intramolecular Hbond substituents is 1. The van der Waals surface area contributed by atoms with Gasteiger partial charge in [-0.2, -0.15) is 0 Å². The molecule has 0 bridgehead atoms. The molecule has 1 saturated heterocycles. The standard InChI is InChI=1S/C16H25N3O2/c1-18-9-3-4-13(18)11-19(2)16(21)15(17)10-12-5-7-14(20)8-6-12/h5-8,13,15,20H,3-4,9-11,17H2,1-2H3. The Kier molecular flexibility index (Phi) is 5.20. The van der Waals surface area contributed by atoms with Gasteiger partial charge in [0.05, 0.1) is 6.04 Å². The van der Waals surface area contributed by atoms with Crippen molar-refractivity contribution in [2.75, 3.05) is 27.2 Å². The quantitative estimate of drug-likeness (QED) is 0.842. The largest absolute Gasteiger partial charge is 0.508 e. The molecule has 3 N–H and O–H groups in total. The molecule has 0 radical (unpaired) electrons. The molecule has 2 unspecified atom stereocenters. The van der Waals surface area contributed by atoms with Crippen molar-refractivity contribution < 1.29 is 9.90 Å². The molecule has 2 rings (SSSR count). The highest BCUT2D eigenvalue weighted by molar-refractivity contribution is 5.81. The maximum atomic E-state index is 12.3. The molecule has 0 aromatic heterocycles. The van der Waals surface area contributed by atoms with Gasteiger partial charge < -0.3 is 20.6 Å². The van der Waals surface area contributed by atoms with E-state index in [-0.39, 0.29) is 11.7 Å². The smallest absolute Gasteiger partial charge is 0.239 e. The number of rotatable bonds is 5. The summed E-state index contributed by atoms with van der Waals surface area (Å²) in [6.45, 7) is 1.84. The highest BCUT2D eigenvalue weighted by Gasteiger charge is 2.26. The lowest BCUT2D eigenvalue weighted by atomic mass is 10.1. The molecular weight excluding hydrogens is 266 g/mol. The number of phenols is 1. The number of nitrogens with two attached hydrogens (primary N) is 1. The van der Waals surface area contributed by atoms with Crippen LogP contribution in [-0.4, -0.2) is 60.1 Å². The Morgan fingerprint density at radius 1 is 1.48 bits per heavy atom. The van der Waals surface area contributed by atoms with E-state index in [1.165, 1.54) is 6.42 Å². The van der Waals surface area contributed by atoms with Crippen LogP contribution >= 0.6 is 0 Å². The van der Waals surface area contributed by atoms with Crippen LogP contribution in [0.5, 0.6) is 5.75 Å². The summed E-state index contributed by atoms with van der Waals surface area (Å²) in [4.78, 5) is 16.4. The Bertz CT molecular complexity index is 475. The Morgan fingerprint density at radius 3 is 2.71 bits per heavy atom. The summed E-state index contributed by atoms with van der Waals surface area (Å²) in [6.07, 6.45) is 2.83. The third kappa shape index (κ3) is 4.19. The summed E-state index contributed by atoms with van der Waals surface area (Å²) >= 11 is 0. The van der Waals surface area contributed by atoms with E-state index in [1.807, 2.05) is 7.05 Å². The minimum absolute atomic E-state index is 0.0247. The van der Waals surface area contributed by atoms with Crippen LogP contribution in [-0.2, 0) is 11.2 Å². The van der Waals surface area contributed by atoms with Gasteiger partial charge in [-0.1, -0.05) is 12.1 Å². The first-order valence-corrected chi connectivity index (χ1v) is 7.46. The first-order valence-electron chi connectivity index (χ1n) is 7.46. The summed E-state index contributed by atoms with van der Waals surface area (Å²) < 4.78 is 0. The summed E-state index contributed by atoms with van der Waals surface area (Å²) in [7, 11) is 3.93. The van der Waals surface area contributed by atoms with Crippen molar-refractivity contribution in [3.8, 4) is 5.75 Å². The van der Waals surface area contributed by atoms with Crippen molar-refractivity contribution in [2.24, 2.45) is 5.73 Å². The SMILES string of the molecule is CN(CC1CCCN1C)C(=O)C(N)Cc1ccc(O)cc1. The first-order chi connectivity index (χ1) is 9.97. The number of likely N-dealkylation sites (N-methyl/N-ethyl adjacent to an activating group) is 2. The van der Waals surface area contributed by atoms with Gasteiger partial charge in [0.25, 0.3) is 0 Å². The van der Waals surface area contributed by atoms with E-state index in [9.17, 15) is 9.90 Å². The van der Waals surface area contributed by atoms with Gasteiger partial charge in [-0.3, -0.25) is 4.79 Å². The van der Waals surface area contributed by atoms with Crippen molar-refractivity contribution in [1.29, 1.82) is 0 Å². The number of hydrogen-bond acceptors (Lipinski definition) is 4. The molecule has 2 atom stereocenters. The average Bonchev–Trinajstić information content (AvgIpc) is 2.86. The molecular formula is C16H25N3O2. The van der Waals surface area contributed by atoms with E-state index in [0.717, 1.165) is 25.1 Å². The molecule has 1 aromatic carbocycles. The Balaban J connectivity index is 1.87. The monoisotopic (exact) mass is 291 g/mol. The van der Waals surface area contributed by atoms with Gasteiger partial charge in [-0.15, -0.1) is 0 Å². The number of amides is 1. The van der Waals surface area contributed by atoms with Crippen LogP contribution in [0.1, 0.15) is 18.4 Å². The van der Waals surface area contributed by atoms with E-state index in [4.69, 9.17) is 5.73 Å². The number of benzene rings is 1. The number of aromatic hydroxyl groups is 1. The Labute approximate surface area is 126 Å². The van der Waals surface area contributed by atoms with Crippen molar-refractivity contribution in [3.63, 3.8) is 0 Å². The number of hydrogen-bond donors (Lipinski definition) is 2. The zero-order valence-electron chi connectivity index (χ0n) is 12.8. The van der Waals surface area contributed by atoms with Gasteiger partial charge in [0.1, 0.15) is 5.75 Å².